The summed E-state index contributed by atoms with van der Waals surface area (Å²) in [5.74, 6) is -0.385. The van der Waals surface area contributed by atoms with Crippen molar-refractivity contribution in [1.82, 2.24) is 14.9 Å². The summed E-state index contributed by atoms with van der Waals surface area (Å²) in [6.07, 6.45) is 4.74. The fourth-order valence-electron chi connectivity index (χ4n) is 4.87. The van der Waals surface area contributed by atoms with Crippen molar-refractivity contribution >= 4 is 17.3 Å². The number of aromatic nitrogens is 2. The van der Waals surface area contributed by atoms with Crippen LogP contribution in [0.4, 0.5) is 15.8 Å². The van der Waals surface area contributed by atoms with Crippen LogP contribution in [0.1, 0.15) is 58.2 Å². The Labute approximate surface area is 191 Å². The van der Waals surface area contributed by atoms with Gasteiger partial charge in [-0.05, 0) is 87.1 Å². The summed E-state index contributed by atoms with van der Waals surface area (Å²) in [7, 11) is 0. The van der Waals surface area contributed by atoms with E-state index in [1.54, 1.807) is 23.1 Å². The number of carbonyl (C=O) groups excluding carboxylic acids is 1. The van der Waals surface area contributed by atoms with Crippen LogP contribution in [0, 0.1) is 12.7 Å². The van der Waals surface area contributed by atoms with Crippen molar-refractivity contribution in [2.45, 2.75) is 44.9 Å². The van der Waals surface area contributed by atoms with Crippen molar-refractivity contribution in [3.8, 4) is 0 Å². The minimum absolute atomic E-state index is 0.0966. The Balaban J connectivity index is 1.33. The summed E-state index contributed by atoms with van der Waals surface area (Å²) >= 11 is 0. The third-order valence-corrected chi connectivity index (χ3v) is 6.57. The zero-order valence-corrected chi connectivity index (χ0v) is 18.7. The number of hydrogen-bond acceptors (Lipinski definition) is 4. The van der Waals surface area contributed by atoms with Crippen LogP contribution in [0.15, 0.2) is 47.3 Å². The fraction of sp³-hybridized carbons (Fsp3) is 0.346. The maximum atomic E-state index is 13.2. The second kappa shape index (κ2) is 8.81. The van der Waals surface area contributed by atoms with Gasteiger partial charge in [0.2, 0.25) is 0 Å². The van der Waals surface area contributed by atoms with Gasteiger partial charge in [0.25, 0.3) is 11.5 Å². The number of rotatable bonds is 4. The molecule has 7 heteroatoms. The number of likely N-dealkylation sites (tertiary alicyclic amines) is 1. The first kappa shape index (κ1) is 21.4. The molecule has 1 saturated heterocycles. The number of fused-ring (bicyclic) bond motifs is 1. The first-order valence-corrected chi connectivity index (χ1v) is 11.5. The summed E-state index contributed by atoms with van der Waals surface area (Å²) < 4.78 is 13.2. The Kier molecular flexibility index (Phi) is 5.70. The number of nitrogens with zero attached hydrogens (tertiary/aromatic N) is 2. The van der Waals surface area contributed by atoms with Crippen LogP contribution in [0.3, 0.4) is 0 Å². The lowest BCUT2D eigenvalue weighted by atomic mass is 9.95. The van der Waals surface area contributed by atoms with E-state index in [0.29, 0.717) is 13.1 Å². The molecule has 2 aliphatic rings. The van der Waals surface area contributed by atoms with E-state index in [-0.39, 0.29) is 28.8 Å². The van der Waals surface area contributed by atoms with Crippen molar-refractivity contribution in [1.29, 1.82) is 0 Å². The minimum Gasteiger partial charge on any atom is -0.355 e. The summed E-state index contributed by atoms with van der Waals surface area (Å²) in [4.78, 5) is 35.2. The van der Waals surface area contributed by atoms with Crippen LogP contribution in [0.5, 0.6) is 0 Å². The van der Waals surface area contributed by atoms with Gasteiger partial charge >= 0.3 is 0 Å². The average Bonchev–Trinajstić information content (AvgIpc) is 3.30. The molecule has 2 aromatic heterocycles. The number of halogens is 1. The quantitative estimate of drug-likeness (QED) is 0.620. The summed E-state index contributed by atoms with van der Waals surface area (Å²) in [5, 5.41) is 3.30. The highest BCUT2D eigenvalue weighted by Crippen LogP contribution is 2.30. The van der Waals surface area contributed by atoms with Crippen molar-refractivity contribution in [3.63, 3.8) is 0 Å². The van der Waals surface area contributed by atoms with Gasteiger partial charge in [0.05, 0.1) is 0 Å². The maximum absolute atomic E-state index is 13.2. The molecule has 1 atom stereocenters. The second-order valence-electron chi connectivity index (χ2n) is 9.01. The average molecular weight is 447 g/mol. The SMILES string of the molecule is Cc1cc(Nc2ccc(F)cc2)cc([C@@H]2CCN(C(=O)c3cc4c([nH]c3=O)CCCC4)C2)n1. The van der Waals surface area contributed by atoms with Gasteiger partial charge in [0.15, 0.2) is 0 Å². The summed E-state index contributed by atoms with van der Waals surface area (Å²) in [6, 6.07) is 11.9. The summed E-state index contributed by atoms with van der Waals surface area (Å²) in [5.41, 5.74) is 5.48. The van der Waals surface area contributed by atoms with Crippen LogP contribution in [-0.2, 0) is 12.8 Å². The molecule has 170 valence electrons. The zero-order valence-electron chi connectivity index (χ0n) is 18.7. The Bertz CT molecular complexity index is 1250. The van der Waals surface area contributed by atoms with Crippen molar-refractivity contribution in [2.24, 2.45) is 0 Å². The van der Waals surface area contributed by atoms with Gasteiger partial charge in [-0.25, -0.2) is 4.39 Å². The van der Waals surface area contributed by atoms with Gasteiger partial charge < -0.3 is 15.2 Å². The number of nitrogens with one attached hydrogen (secondary N) is 2. The first-order chi connectivity index (χ1) is 16.0. The molecular formula is C26H27FN4O2. The van der Waals surface area contributed by atoms with Crippen LogP contribution in [0.25, 0.3) is 0 Å². The monoisotopic (exact) mass is 446 g/mol. The molecule has 1 amide bonds. The van der Waals surface area contributed by atoms with Gasteiger partial charge in [-0.1, -0.05) is 0 Å². The number of aromatic amines is 1. The predicted octanol–water partition coefficient (Wildman–Crippen LogP) is 4.47. The Morgan fingerprint density at radius 3 is 2.73 bits per heavy atom. The lowest BCUT2D eigenvalue weighted by Gasteiger charge is -2.19. The molecule has 2 N–H and O–H groups in total. The van der Waals surface area contributed by atoms with Crippen molar-refractivity contribution in [2.75, 3.05) is 18.4 Å². The highest BCUT2D eigenvalue weighted by Gasteiger charge is 2.31. The standard InChI is InChI=1S/C26H27FN4O2/c1-16-12-21(29-20-8-6-19(27)7-9-20)14-24(28-16)18-10-11-31(15-18)26(33)22-13-17-4-2-3-5-23(17)30-25(22)32/h6-9,12-14,18H,2-5,10-11,15H2,1H3,(H,28,29)(H,30,32)/t18-/m1/s1. The first-order valence-electron chi connectivity index (χ1n) is 11.5. The number of pyridine rings is 2. The number of amides is 1. The molecule has 6 nitrogen and oxygen atoms in total. The van der Waals surface area contributed by atoms with E-state index in [9.17, 15) is 14.0 Å². The van der Waals surface area contributed by atoms with E-state index in [1.165, 1.54) is 12.1 Å². The Morgan fingerprint density at radius 1 is 1.12 bits per heavy atom. The molecule has 1 aromatic carbocycles. The van der Waals surface area contributed by atoms with Gasteiger partial charge in [-0.2, -0.15) is 0 Å². The molecule has 3 heterocycles. The minimum atomic E-state index is -0.288. The lowest BCUT2D eigenvalue weighted by molar-refractivity contribution is 0.0788. The van der Waals surface area contributed by atoms with E-state index in [1.807, 2.05) is 19.1 Å². The predicted molar refractivity (Wildman–Crippen MR) is 126 cm³/mol. The number of aryl methyl sites for hydroxylation is 3. The number of H-pyrrole nitrogens is 1. The molecule has 33 heavy (non-hydrogen) atoms. The second-order valence-corrected chi connectivity index (χ2v) is 9.01. The Morgan fingerprint density at radius 2 is 1.91 bits per heavy atom. The van der Waals surface area contributed by atoms with Crippen molar-refractivity contribution in [3.05, 3.63) is 86.8 Å². The van der Waals surface area contributed by atoms with Crippen LogP contribution < -0.4 is 10.9 Å². The van der Waals surface area contributed by atoms with Gasteiger partial charge in [0.1, 0.15) is 11.4 Å². The van der Waals surface area contributed by atoms with E-state index in [2.05, 4.69) is 10.3 Å². The molecule has 0 unspecified atom stereocenters. The molecule has 3 aromatic rings. The highest BCUT2D eigenvalue weighted by molar-refractivity contribution is 5.94. The maximum Gasteiger partial charge on any atom is 0.261 e. The van der Waals surface area contributed by atoms with Crippen molar-refractivity contribution < 1.29 is 9.18 Å². The number of hydrogen-bond donors (Lipinski definition) is 2. The molecule has 1 aliphatic heterocycles. The smallest absolute Gasteiger partial charge is 0.261 e. The molecule has 1 fully saturated rings. The van der Waals surface area contributed by atoms with Crippen LogP contribution in [-0.4, -0.2) is 33.9 Å². The third kappa shape index (κ3) is 4.53. The van der Waals surface area contributed by atoms with Crippen LogP contribution >= 0.6 is 0 Å². The third-order valence-electron chi connectivity index (χ3n) is 6.57. The molecule has 0 bridgehead atoms. The fourth-order valence-corrected chi connectivity index (χ4v) is 4.87. The molecule has 0 radical (unpaired) electrons. The molecule has 5 rings (SSSR count). The summed E-state index contributed by atoms with van der Waals surface area (Å²) in [6.45, 7) is 3.06. The molecule has 1 aliphatic carbocycles. The molecule has 0 spiro atoms. The van der Waals surface area contributed by atoms with E-state index in [0.717, 1.165) is 66.1 Å². The number of anilines is 2. The molecular weight excluding hydrogens is 419 g/mol. The molecule has 0 saturated carbocycles. The Hall–Kier alpha value is -3.48. The van der Waals surface area contributed by atoms with E-state index in [4.69, 9.17) is 4.98 Å². The highest BCUT2D eigenvalue weighted by atomic mass is 19.1. The van der Waals surface area contributed by atoms with E-state index < -0.39 is 0 Å². The zero-order chi connectivity index (χ0) is 22.9. The number of benzene rings is 1. The van der Waals surface area contributed by atoms with Gasteiger partial charge in [-0.15, -0.1) is 0 Å². The lowest BCUT2D eigenvalue weighted by Crippen LogP contribution is -2.34. The number of carbonyl (C=O) groups is 1. The largest absolute Gasteiger partial charge is 0.355 e. The van der Waals surface area contributed by atoms with Crippen LogP contribution in [0.2, 0.25) is 0 Å². The topological polar surface area (TPSA) is 78.1 Å². The van der Waals surface area contributed by atoms with Gasteiger partial charge in [-0.3, -0.25) is 14.6 Å². The normalized spacial score (nSPS) is 17.6. The van der Waals surface area contributed by atoms with E-state index >= 15 is 0 Å². The van der Waals surface area contributed by atoms with Gasteiger partial charge in [0, 0.05) is 47.5 Å².